The van der Waals surface area contributed by atoms with Gasteiger partial charge in [-0.15, -0.1) is 23.2 Å². The number of hydrogen-bond donors (Lipinski definition) is 3. The van der Waals surface area contributed by atoms with Gasteiger partial charge in [0.15, 0.2) is 0 Å². The SMILES string of the molecule is O=C(CNCP(=O)(O)O)OCC(Cl)Cl. The highest BCUT2D eigenvalue weighted by Crippen LogP contribution is 2.31. The lowest BCUT2D eigenvalue weighted by Gasteiger charge is -2.07. The van der Waals surface area contributed by atoms with E-state index in [4.69, 9.17) is 33.0 Å². The van der Waals surface area contributed by atoms with Crippen molar-refractivity contribution in [3.05, 3.63) is 0 Å². The van der Waals surface area contributed by atoms with Crippen molar-refractivity contribution in [1.82, 2.24) is 5.32 Å². The molecule has 14 heavy (non-hydrogen) atoms. The molecule has 0 aromatic rings. The normalized spacial score (nSPS) is 11.8. The maximum absolute atomic E-state index is 10.8. The third kappa shape index (κ3) is 10.2. The van der Waals surface area contributed by atoms with Gasteiger partial charge in [-0.05, 0) is 0 Å². The monoisotopic (exact) mass is 265 g/mol. The van der Waals surface area contributed by atoms with Crippen LogP contribution in [0, 0.1) is 0 Å². The number of halogens is 2. The molecule has 0 bridgehead atoms. The summed E-state index contributed by atoms with van der Waals surface area (Å²) in [6, 6.07) is 0. The van der Waals surface area contributed by atoms with Crippen molar-refractivity contribution in [2.24, 2.45) is 0 Å². The molecule has 0 aromatic carbocycles. The molecule has 0 aliphatic heterocycles. The van der Waals surface area contributed by atoms with Crippen molar-refractivity contribution in [3.8, 4) is 0 Å². The van der Waals surface area contributed by atoms with Crippen molar-refractivity contribution in [3.63, 3.8) is 0 Å². The molecule has 6 nitrogen and oxygen atoms in total. The molecule has 0 saturated carbocycles. The van der Waals surface area contributed by atoms with E-state index >= 15 is 0 Å². The Labute approximate surface area is 90.7 Å². The number of ether oxygens (including phenoxy) is 1. The summed E-state index contributed by atoms with van der Waals surface area (Å²) in [4.78, 5) is 26.8. The highest BCUT2D eigenvalue weighted by atomic mass is 35.5. The third-order valence-corrected chi connectivity index (χ3v) is 1.84. The fourth-order valence-corrected chi connectivity index (χ4v) is 1.04. The summed E-state index contributed by atoms with van der Waals surface area (Å²) in [5.41, 5.74) is 0. The first-order valence-electron chi connectivity index (χ1n) is 3.50. The van der Waals surface area contributed by atoms with Crippen LogP contribution in [0.3, 0.4) is 0 Å². The molecule has 3 N–H and O–H groups in total. The largest absolute Gasteiger partial charge is 0.462 e. The quantitative estimate of drug-likeness (QED) is 0.357. The van der Waals surface area contributed by atoms with Gasteiger partial charge in [0.1, 0.15) is 11.4 Å². The summed E-state index contributed by atoms with van der Waals surface area (Å²) >= 11 is 10.5. The topological polar surface area (TPSA) is 95.9 Å². The second-order valence-electron chi connectivity index (χ2n) is 2.32. The van der Waals surface area contributed by atoms with Crippen LogP contribution in [-0.2, 0) is 14.1 Å². The molecule has 84 valence electrons. The Bertz CT molecular complexity index is 230. The third-order valence-electron chi connectivity index (χ3n) is 0.957. The fourth-order valence-electron chi connectivity index (χ4n) is 0.511. The van der Waals surface area contributed by atoms with E-state index < -0.39 is 24.7 Å². The standard InChI is InChI=1S/C5H10Cl2NO5P/c6-4(7)2-13-5(9)1-8-3-14(10,11)12/h4,8H,1-3H2,(H2,10,11,12). The van der Waals surface area contributed by atoms with Gasteiger partial charge < -0.3 is 14.5 Å². The molecule has 0 rings (SSSR count). The highest BCUT2D eigenvalue weighted by molar-refractivity contribution is 7.51. The van der Waals surface area contributed by atoms with E-state index in [0.29, 0.717) is 0 Å². The Hall–Kier alpha value is 0.160. The van der Waals surface area contributed by atoms with Crippen molar-refractivity contribution in [2.75, 3.05) is 19.4 Å². The molecule has 0 unspecified atom stereocenters. The first-order chi connectivity index (χ1) is 6.31. The number of rotatable bonds is 6. The fraction of sp³-hybridized carbons (Fsp3) is 0.800. The molecule has 0 heterocycles. The zero-order valence-corrected chi connectivity index (χ0v) is 9.43. The summed E-state index contributed by atoms with van der Waals surface area (Å²) in [5.74, 6) is -0.676. The minimum atomic E-state index is -4.13. The van der Waals surface area contributed by atoms with E-state index in [1.807, 2.05) is 0 Å². The van der Waals surface area contributed by atoms with E-state index in [2.05, 4.69) is 10.1 Å². The van der Waals surface area contributed by atoms with Gasteiger partial charge in [0, 0.05) is 0 Å². The lowest BCUT2D eigenvalue weighted by Crippen LogP contribution is -2.26. The first-order valence-corrected chi connectivity index (χ1v) is 6.17. The maximum Gasteiger partial charge on any atom is 0.339 e. The smallest absolute Gasteiger partial charge is 0.339 e. The summed E-state index contributed by atoms with van der Waals surface area (Å²) in [6.07, 6.45) is -0.576. The Morgan fingerprint density at radius 3 is 2.50 bits per heavy atom. The molecule has 0 radical (unpaired) electrons. The second kappa shape index (κ2) is 6.61. The van der Waals surface area contributed by atoms with Crippen molar-refractivity contribution < 1.29 is 23.9 Å². The molecule has 0 amide bonds. The van der Waals surface area contributed by atoms with E-state index in [1.165, 1.54) is 0 Å². The highest BCUT2D eigenvalue weighted by Gasteiger charge is 2.13. The van der Waals surface area contributed by atoms with Crippen molar-refractivity contribution in [2.45, 2.75) is 4.84 Å². The van der Waals surface area contributed by atoms with Crippen LogP contribution in [0.2, 0.25) is 0 Å². The van der Waals surface area contributed by atoms with Crippen LogP contribution in [0.4, 0.5) is 0 Å². The van der Waals surface area contributed by atoms with Gasteiger partial charge in [0.25, 0.3) is 0 Å². The average molecular weight is 266 g/mol. The lowest BCUT2D eigenvalue weighted by molar-refractivity contribution is -0.142. The molecular formula is C5H10Cl2NO5P. The van der Waals surface area contributed by atoms with Crippen LogP contribution in [0.25, 0.3) is 0 Å². The minimum absolute atomic E-state index is 0.153. The average Bonchev–Trinajstić information content (AvgIpc) is 1.98. The van der Waals surface area contributed by atoms with E-state index in [9.17, 15) is 9.36 Å². The van der Waals surface area contributed by atoms with Crippen LogP contribution in [-0.4, -0.2) is 40.0 Å². The molecule has 0 aliphatic rings. The van der Waals surface area contributed by atoms with Crippen LogP contribution in [0.1, 0.15) is 0 Å². The van der Waals surface area contributed by atoms with E-state index in [0.717, 1.165) is 0 Å². The number of nitrogens with one attached hydrogen (secondary N) is 1. The zero-order chi connectivity index (χ0) is 11.2. The van der Waals surface area contributed by atoms with Crippen LogP contribution < -0.4 is 5.32 Å². The number of alkyl halides is 2. The Morgan fingerprint density at radius 2 is 2.07 bits per heavy atom. The molecule has 0 saturated heterocycles. The van der Waals surface area contributed by atoms with E-state index in [1.54, 1.807) is 0 Å². The van der Waals surface area contributed by atoms with Crippen LogP contribution in [0.5, 0.6) is 0 Å². The van der Waals surface area contributed by atoms with E-state index in [-0.39, 0.29) is 13.2 Å². The molecule has 0 spiro atoms. The maximum atomic E-state index is 10.8. The molecule has 0 fully saturated rings. The summed E-state index contributed by atoms with van der Waals surface area (Å²) in [7, 11) is -4.13. The zero-order valence-electron chi connectivity index (χ0n) is 7.02. The molecule has 0 atom stereocenters. The second-order valence-corrected chi connectivity index (χ2v) is 5.25. The number of carbonyl (C=O) groups excluding carboxylic acids is 1. The summed E-state index contributed by atoms with van der Waals surface area (Å²) in [6.45, 7) is -0.453. The molecular weight excluding hydrogens is 256 g/mol. The Balaban J connectivity index is 3.50. The van der Waals surface area contributed by atoms with Crippen LogP contribution in [0.15, 0.2) is 0 Å². The van der Waals surface area contributed by atoms with Gasteiger partial charge in [-0.3, -0.25) is 14.7 Å². The van der Waals surface area contributed by atoms with Gasteiger partial charge >= 0.3 is 13.6 Å². The first kappa shape index (κ1) is 14.2. The molecule has 0 aliphatic carbocycles. The van der Waals surface area contributed by atoms with Gasteiger partial charge in [-0.1, -0.05) is 0 Å². The minimum Gasteiger partial charge on any atom is -0.462 e. The Morgan fingerprint density at radius 1 is 1.50 bits per heavy atom. The van der Waals surface area contributed by atoms with Gasteiger partial charge in [0.2, 0.25) is 0 Å². The van der Waals surface area contributed by atoms with Crippen molar-refractivity contribution in [1.29, 1.82) is 0 Å². The van der Waals surface area contributed by atoms with Crippen LogP contribution >= 0.6 is 30.8 Å². The van der Waals surface area contributed by atoms with Gasteiger partial charge in [-0.2, -0.15) is 0 Å². The number of hydrogen-bond acceptors (Lipinski definition) is 4. The summed E-state index contributed by atoms with van der Waals surface area (Å²) < 4.78 is 14.8. The number of esters is 1. The van der Waals surface area contributed by atoms with Gasteiger partial charge in [-0.25, -0.2) is 0 Å². The summed E-state index contributed by atoms with van der Waals surface area (Å²) in [5, 5.41) is 2.23. The Kier molecular flexibility index (Phi) is 6.68. The number of carbonyl (C=O) groups is 1. The van der Waals surface area contributed by atoms with Gasteiger partial charge in [0.05, 0.1) is 12.8 Å². The molecule has 0 aromatic heterocycles. The lowest BCUT2D eigenvalue weighted by atomic mass is 10.6. The predicted octanol–water partition coefficient (Wildman–Crippen LogP) is 0.0581. The van der Waals surface area contributed by atoms with Crippen molar-refractivity contribution >= 4 is 36.8 Å². The molecule has 9 heteroatoms. The predicted molar refractivity (Wildman–Crippen MR) is 51.4 cm³/mol.